The molecule has 2 heterocycles. The molecule has 0 amide bonds. The van der Waals surface area contributed by atoms with Gasteiger partial charge in [-0.3, -0.25) is 5.10 Å². The van der Waals surface area contributed by atoms with Crippen LogP contribution < -0.4 is 10.5 Å². The molecule has 21 heavy (non-hydrogen) atoms. The second kappa shape index (κ2) is 4.67. The summed E-state index contributed by atoms with van der Waals surface area (Å²) < 4.78 is 5.47. The van der Waals surface area contributed by atoms with E-state index in [0.29, 0.717) is 11.5 Å². The molecular weight excluding hydrogens is 264 g/mol. The third kappa shape index (κ3) is 1.96. The Kier molecular flexibility index (Phi) is 2.95. The minimum absolute atomic E-state index is 0.127. The highest BCUT2D eigenvalue weighted by Gasteiger charge is 2.34. The first-order valence-electron chi connectivity index (χ1n) is 6.72. The van der Waals surface area contributed by atoms with Gasteiger partial charge in [0.1, 0.15) is 11.6 Å². The third-order valence-corrected chi connectivity index (χ3v) is 3.88. The molecule has 5 heteroatoms. The minimum Gasteiger partial charge on any atom is -0.420 e. The number of hydrogen-bond donors (Lipinski definition) is 2. The van der Waals surface area contributed by atoms with E-state index in [1.54, 1.807) is 0 Å². The molecule has 2 aromatic rings. The third-order valence-electron chi connectivity index (χ3n) is 3.88. The monoisotopic (exact) mass is 280 g/mol. The van der Waals surface area contributed by atoms with E-state index in [-0.39, 0.29) is 11.8 Å². The molecule has 106 valence electrons. The zero-order chi connectivity index (χ0) is 15.1. The van der Waals surface area contributed by atoms with Gasteiger partial charge in [0, 0.05) is 11.3 Å². The number of allylic oxidation sites excluding steroid dienone is 1. The molecule has 1 aliphatic rings. The summed E-state index contributed by atoms with van der Waals surface area (Å²) in [5.74, 6) is 0.342. The SMILES string of the molecule is Cc1ccc(C)c([C@@H]2C(C#N)=C(N)Oc3n[nH]c(C)c32)c1. The normalized spacial score (nSPS) is 17.1. The Morgan fingerprint density at radius 1 is 1.33 bits per heavy atom. The highest BCUT2D eigenvalue weighted by molar-refractivity contribution is 5.56. The number of nitriles is 1. The van der Waals surface area contributed by atoms with Gasteiger partial charge < -0.3 is 10.5 Å². The Balaban J connectivity index is 2.30. The molecule has 3 N–H and O–H groups in total. The number of hydrogen-bond acceptors (Lipinski definition) is 4. The van der Waals surface area contributed by atoms with E-state index in [1.165, 1.54) is 0 Å². The maximum atomic E-state index is 9.51. The number of aryl methyl sites for hydroxylation is 3. The number of rotatable bonds is 1. The molecule has 0 saturated carbocycles. The number of aromatic nitrogens is 2. The molecule has 0 aliphatic carbocycles. The summed E-state index contributed by atoms with van der Waals surface area (Å²) in [6.07, 6.45) is 0. The van der Waals surface area contributed by atoms with Crippen molar-refractivity contribution in [3.63, 3.8) is 0 Å². The van der Waals surface area contributed by atoms with Crippen molar-refractivity contribution < 1.29 is 4.74 Å². The van der Waals surface area contributed by atoms with E-state index >= 15 is 0 Å². The number of H-pyrrole nitrogens is 1. The second-order valence-electron chi connectivity index (χ2n) is 5.35. The van der Waals surface area contributed by atoms with Crippen LogP contribution in [0.2, 0.25) is 0 Å². The molecule has 0 radical (unpaired) electrons. The van der Waals surface area contributed by atoms with Crippen LogP contribution in [0.1, 0.15) is 33.9 Å². The summed E-state index contributed by atoms with van der Waals surface area (Å²) in [7, 11) is 0. The molecule has 0 spiro atoms. The summed E-state index contributed by atoms with van der Waals surface area (Å²) in [6.45, 7) is 5.98. The van der Waals surface area contributed by atoms with Crippen molar-refractivity contribution in [3.05, 3.63) is 57.6 Å². The standard InChI is InChI=1S/C16H16N4O/c1-8-4-5-9(2)11(6-8)14-12(7-17)15(18)21-16-13(14)10(3)19-20-16/h4-6,14H,18H2,1-3H3,(H,19,20)/t14-/m1/s1. The lowest BCUT2D eigenvalue weighted by atomic mass is 9.81. The summed E-state index contributed by atoms with van der Waals surface area (Å²) in [5, 5.41) is 16.6. The van der Waals surface area contributed by atoms with E-state index in [1.807, 2.05) is 20.8 Å². The van der Waals surface area contributed by atoms with Crippen LogP contribution in [-0.4, -0.2) is 10.2 Å². The maximum Gasteiger partial charge on any atom is 0.244 e. The molecule has 0 bridgehead atoms. The highest BCUT2D eigenvalue weighted by atomic mass is 16.5. The van der Waals surface area contributed by atoms with E-state index in [9.17, 15) is 5.26 Å². The van der Waals surface area contributed by atoms with Gasteiger partial charge in [0.25, 0.3) is 0 Å². The van der Waals surface area contributed by atoms with Crippen molar-refractivity contribution in [2.75, 3.05) is 0 Å². The number of aromatic amines is 1. The van der Waals surface area contributed by atoms with Crippen LogP contribution in [-0.2, 0) is 0 Å². The van der Waals surface area contributed by atoms with E-state index in [2.05, 4.69) is 34.5 Å². The zero-order valence-electron chi connectivity index (χ0n) is 12.2. The Morgan fingerprint density at radius 2 is 2.10 bits per heavy atom. The van der Waals surface area contributed by atoms with Crippen molar-refractivity contribution >= 4 is 0 Å². The van der Waals surface area contributed by atoms with E-state index in [4.69, 9.17) is 10.5 Å². The van der Waals surface area contributed by atoms with E-state index in [0.717, 1.165) is 27.9 Å². The van der Waals surface area contributed by atoms with Gasteiger partial charge in [0.2, 0.25) is 11.8 Å². The van der Waals surface area contributed by atoms with Gasteiger partial charge in [-0.15, -0.1) is 5.10 Å². The molecule has 1 aromatic carbocycles. The van der Waals surface area contributed by atoms with Crippen LogP contribution in [0.4, 0.5) is 0 Å². The Bertz CT molecular complexity index is 795. The molecule has 5 nitrogen and oxygen atoms in total. The molecule has 3 rings (SSSR count). The van der Waals surface area contributed by atoms with Crippen LogP contribution in [0.25, 0.3) is 0 Å². The molecular formula is C16H16N4O. The minimum atomic E-state index is -0.239. The summed E-state index contributed by atoms with van der Waals surface area (Å²) in [4.78, 5) is 0. The van der Waals surface area contributed by atoms with Crippen LogP contribution in [0.15, 0.2) is 29.7 Å². The summed E-state index contributed by atoms with van der Waals surface area (Å²) >= 11 is 0. The molecule has 1 atom stereocenters. The predicted molar refractivity (Wildman–Crippen MR) is 78.5 cm³/mol. The van der Waals surface area contributed by atoms with Crippen LogP contribution in [0.3, 0.4) is 0 Å². The van der Waals surface area contributed by atoms with Gasteiger partial charge in [-0.1, -0.05) is 23.8 Å². The number of nitrogens with two attached hydrogens (primary N) is 1. The van der Waals surface area contributed by atoms with Crippen LogP contribution in [0, 0.1) is 32.1 Å². The maximum absolute atomic E-state index is 9.51. The van der Waals surface area contributed by atoms with Crippen molar-refractivity contribution in [1.82, 2.24) is 10.2 Å². The number of ether oxygens (including phenoxy) is 1. The molecule has 0 unspecified atom stereocenters. The summed E-state index contributed by atoms with van der Waals surface area (Å²) in [6, 6.07) is 8.40. The fourth-order valence-corrected chi connectivity index (χ4v) is 2.78. The quantitative estimate of drug-likeness (QED) is 0.840. The number of nitrogens with zero attached hydrogens (tertiary/aromatic N) is 2. The lowest BCUT2D eigenvalue weighted by molar-refractivity contribution is 0.378. The van der Waals surface area contributed by atoms with Gasteiger partial charge in [-0.05, 0) is 31.9 Å². The average Bonchev–Trinajstić information content (AvgIpc) is 2.81. The van der Waals surface area contributed by atoms with Crippen molar-refractivity contribution in [1.29, 1.82) is 5.26 Å². The topological polar surface area (TPSA) is 87.7 Å². The van der Waals surface area contributed by atoms with Gasteiger partial charge in [-0.2, -0.15) is 5.26 Å². The zero-order valence-corrected chi connectivity index (χ0v) is 12.2. The molecule has 0 fully saturated rings. The van der Waals surface area contributed by atoms with Crippen molar-refractivity contribution in [2.24, 2.45) is 5.73 Å². The fraction of sp³-hybridized carbons (Fsp3) is 0.250. The molecule has 0 saturated heterocycles. The number of fused-ring (bicyclic) bond motifs is 1. The Morgan fingerprint density at radius 3 is 2.81 bits per heavy atom. The average molecular weight is 280 g/mol. The lowest BCUT2D eigenvalue weighted by Gasteiger charge is -2.25. The second-order valence-corrected chi connectivity index (χ2v) is 5.35. The largest absolute Gasteiger partial charge is 0.420 e. The molecule has 1 aromatic heterocycles. The van der Waals surface area contributed by atoms with Gasteiger partial charge in [0.15, 0.2) is 0 Å². The Labute approximate surface area is 123 Å². The van der Waals surface area contributed by atoms with Crippen molar-refractivity contribution in [2.45, 2.75) is 26.7 Å². The first kappa shape index (κ1) is 13.3. The predicted octanol–water partition coefficient (Wildman–Crippen LogP) is 2.55. The first-order valence-corrected chi connectivity index (χ1v) is 6.72. The smallest absolute Gasteiger partial charge is 0.244 e. The fourth-order valence-electron chi connectivity index (χ4n) is 2.78. The summed E-state index contributed by atoms with van der Waals surface area (Å²) in [5.41, 5.74) is 11.4. The Hall–Kier alpha value is -2.74. The highest BCUT2D eigenvalue weighted by Crippen LogP contribution is 2.43. The van der Waals surface area contributed by atoms with Gasteiger partial charge >= 0.3 is 0 Å². The molecule has 1 aliphatic heterocycles. The van der Waals surface area contributed by atoms with Gasteiger partial charge in [0.05, 0.1) is 5.92 Å². The van der Waals surface area contributed by atoms with E-state index < -0.39 is 0 Å². The van der Waals surface area contributed by atoms with Crippen molar-refractivity contribution in [3.8, 4) is 11.9 Å². The lowest BCUT2D eigenvalue weighted by Crippen LogP contribution is -2.21. The number of nitrogens with one attached hydrogen (secondary N) is 1. The van der Waals surface area contributed by atoms with Crippen LogP contribution >= 0.6 is 0 Å². The van der Waals surface area contributed by atoms with Crippen LogP contribution in [0.5, 0.6) is 5.88 Å². The van der Waals surface area contributed by atoms with Gasteiger partial charge in [-0.25, -0.2) is 0 Å². The first-order chi connectivity index (χ1) is 10.0. The number of benzene rings is 1.